The highest BCUT2D eigenvalue weighted by Crippen LogP contribution is 2.14. The molecule has 4 heteroatoms. The van der Waals surface area contributed by atoms with Gasteiger partial charge >= 0.3 is 0 Å². The van der Waals surface area contributed by atoms with Crippen molar-refractivity contribution in [2.75, 3.05) is 26.2 Å². The molecular weight excluding hydrogens is 200 g/mol. The molecular formula is C12H20N4. The van der Waals surface area contributed by atoms with Crippen LogP contribution in [-0.2, 0) is 6.54 Å². The first kappa shape index (κ1) is 11.5. The number of nitrogens with one attached hydrogen (secondary N) is 1. The lowest BCUT2D eigenvalue weighted by molar-refractivity contribution is 0.338. The summed E-state index contributed by atoms with van der Waals surface area (Å²) in [4.78, 5) is 10.6. The van der Waals surface area contributed by atoms with E-state index in [0.717, 1.165) is 24.7 Å². The first-order valence-corrected chi connectivity index (χ1v) is 6.06. The van der Waals surface area contributed by atoms with E-state index in [2.05, 4.69) is 27.1 Å². The predicted octanol–water partition coefficient (Wildman–Crippen LogP) is 0.908. The predicted molar refractivity (Wildman–Crippen MR) is 64.0 cm³/mol. The summed E-state index contributed by atoms with van der Waals surface area (Å²) >= 11 is 0. The Bertz CT molecular complexity index is 301. The molecule has 0 bridgehead atoms. The normalized spacial score (nSPS) is 21.4. The minimum Gasteiger partial charge on any atom is -0.311 e. The van der Waals surface area contributed by atoms with Gasteiger partial charge in [0.15, 0.2) is 0 Å². The summed E-state index contributed by atoms with van der Waals surface area (Å²) < 4.78 is 0. The number of rotatable bonds is 5. The summed E-state index contributed by atoms with van der Waals surface area (Å²) in [6.07, 6.45) is 4.72. The summed E-state index contributed by atoms with van der Waals surface area (Å²) in [5.74, 6) is 0.807. The van der Waals surface area contributed by atoms with Crippen molar-refractivity contribution in [3.8, 4) is 0 Å². The van der Waals surface area contributed by atoms with Crippen molar-refractivity contribution >= 4 is 0 Å². The van der Waals surface area contributed by atoms with Gasteiger partial charge in [0.25, 0.3) is 0 Å². The average molecular weight is 220 g/mol. The fourth-order valence-electron chi connectivity index (χ4n) is 2.19. The summed E-state index contributed by atoms with van der Waals surface area (Å²) in [7, 11) is 0. The maximum Gasteiger partial charge on any atom is 0.115 e. The van der Waals surface area contributed by atoms with Crippen molar-refractivity contribution in [3.05, 3.63) is 24.3 Å². The molecule has 1 N–H and O–H groups in total. The quantitative estimate of drug-likeness (QED) is 0.801. The summed E-state index contributed by atoms with van der Waals surface area (Å²) in [5, 5.41) is 3.47. The molecule has 4 nitrogen and oxygen atoms in total. The van der Waals surface area contributed by atoms with Crippen LogP contribution in [0.25, 0.3) is 0 Å². The van der Waals surface area contributed by atoms with Crippen molar-refractivity contribution in [3.63, 3.8) is 0 Å². The molecule has 1 aliphatic heterocycles. The molecule has 88 valence electrons. The fraction of sp³-hybridized carbons (Fsp3) is 0.667. The second-order valence-corrected chi connectivity index (χ2v) is 4.38. The summed E-state index contributed by atoms with van der Waals surface area (Å²) in [6, 6.07) is 1.96. The van der Waals surface area contributed by atoms with Gasteiger partial charge < -0.3 is 10.2 Å². The number of nitrogens with zero attached hydrogens (tertiary/aromatic N) is 3. The number of aromatic nitrogens is 2. The molecule has 1 atom stereocenters. The lowest BCUT2D eigenvalue weighted by Crippen LogP contribution is -2.26. The first-order chi connectivity index (χ1) is 7.88. The van der Waals surface area contributed by atoms with Crippen molar-refractivity contribution in [2.24, 2.45) is 5.92 Å². The topological polar surface area (TPSA) is 41.0 Å². The third kappa shape index (κ3) is 3.25. The second kappa shape index (κ2) is 5.92. The molecule has 2 rings (SSSR count). The van der Waals surface area contributed by atoms with Crippen molar-refractivity contribution in [2.45, 2.75) is 19.9 Å². The van der Waals surface area contributed by atoms with E-state index in [0.29, 0.717) is 0 Å². The molecule has 2 heterocycles. The lowest BCUT2D eigenvalue weighted by Gasteiger charge is -2.13. The van der Waals surface area contributed by atoms with Crippen LogP contribution in [0.5, 0.6) is 0 Å². The van der Waals surface area contributed by atoms with Gasteiger partial charge in [0.2, 0.25) is 0 Å². The van der Waals surface area contributed by atoms with Crippen LogP contribution in [0, 0.1) is 5.92 Å². The molecule has 0 amide bonds. The van der Waals surface area contributed by atoms with E-state index in [-0.39, 0.29) is 0 Å². The molecule has 1 fully saturated rings. The standard InChI is InChI=1S/C12H20N4/c1-2-16-6-4-11(9-16)7-14-8-12-3-5-13-10-15-12/h3,5,10-11,14H,2,4,6-9H2,1H3. The molecule has 1 saturated heterocycles. The van der Waals surface area contributed by atoms with E-state index < -0.39 is 0 Å². The lowest BCUT2D eigenvalue weighted by atomic mass is 10.1. The minimum absolute atomic E-state index is 0.807. The highest BCUT2D eigenvalue weighted by molar-refractivity contribution is 4.97. The zero-order chi connectivity index (χ0) is 11.2. The van der Waals surface area contributed by atoms with E-state index in [4.69, 9.17) is 0 Å². The molecule has 0 aliphatic carbocycles. The molecule has 1 aromatic rings. The molecule has 1 unspecified atom stereocenters. The fourth-order valence-corrected chi connectivity index (χ4v) is 2.19. The Labute approximate surface area is 97.1 Å². The van der Waals surface area contributed by atoms with E-state index in [1.165, 1.54) is 26.1 Å². The van der Waals surface area contributed by atoms with E-state index in [1.807, 2.05) is 6.07 Å². The van der Waals surface area contributed by atoms with Crippen LogP contribution in [0.3, 0.4) is 0 Å². The Morgan fingerprint density at radius 2 is 2.50 bits per heavy atom. The molecule has 16 heavy (non-hydrogen) atoms. The van der Waals surface area contributed by atoms with Crippen LogP contribution >= 0.6 is 0 Å². The van der Waals surface area contributed by atoms with Gasteiger partial charge in [0.05, 0.1) is 5.69 Å². The zero-order valence-electron chi connectivity index (χ0n) is 9.89. The average Bonchev–Trinajstić information content (AvgIpc) is 2.78. The van der Waals surface area contributed by atoms with Gasteiger partial charge in [-0.2, -0.15) is 0 Å². The van der Waals surface area contributed by atoms with Gasteiger partial charge in [-0.3, -0.25) is 0 Å². The highest BCUT2D eigenvalue weighted by atomic mass is 15.1. The van der Waals surface area contributed by atoms with Gasteiger partial charge in [0.1, 0.15) is 6.33 Å². The van der Waals surface area contributed by atoms with E-state index in [9.17, 15) is 0 Å². The zero-order valence-corrected chi connectivity index (χ0v) is 9.89. The van der Waals surface area contributed by atoms with Crippen molar-refractivity contribution in [1.82, 2.24) is 20.2 Å². The van der Waals surface area contributed by atoms with Gasteiger partial charge in [-0.15, -0.1) is 0 Å². The third-order valence-electron chi connectivity index (χ3n) is 3.20. The minimum atomic E-state index is 0.807. The first-order valence-electron chi connectivity index (χ1n) is 6.06. The molecule has 0 aromatic carbocycles. The van der Waals surface area contributed by atoms with Gasteiger partial charge in [-0.25, -0.2) is 9.97 Å². The summed E-state index contributed by atoms with van der Waals surface area (Å²) in [5.41, 5.74) is 1.07. The Hall–Kier alpha value is -1.00. The van der Waals surface area contributed by atoms with Crippen LogP contribution in [0.4, 0.5) is 0 Å². The van der Waals surface area contributed by atoms with Crippen LogP contribution in [0.2, 0.25) is 0 Å². The Morgan fingerprint density at radius 3 is 3.19 bits per heavy atom. The second-order valence-electron chi connectivity index (χ2n) is 4.38. The third-order valence-corrected chi connectivity index (χ3v) is 3.20. The monoisotopic (exact) mass is 220 g/mol. The van der Waals surface area contributed by atoms with Gasteiger partial charge in [-0.05, 0) is 38.0 Å². The van der Waals surface area contributed by atoms with Crippen molar-refractivity contribution < 1.29 is 0 Å². The number of hydrogen-bond acceptors (Lipinski definition) is 4. The Morgan fingerprint density at radius 1 is 1.56 bits per heavy atom. The SMILES string of the molecule is CCN1CCC(CNCc2ccncn2)C1. The molecule has 0 radical (unpaired) electrons. The van der Waals surface area contributed by atoms with E-state index in [1.54, 1.807) is 12.5 Å². The molecule has 0 spiro atoms. The maximum atomic E-state index is 4.19. The maximum absolute atomic E-state index is 4.19. The summed E-state index contributed by atoms with van der Waals surface area (Å²) in [6.45, 7) is 7.87. The molecule has 0 saturated carbocycles. The van der Waals surface area contributed by atoms with E-state index >= 15 is 0 Å². The number of likely N-dealkylation sites (tertiary alicyclic amines) is 1. The van der Waals surface area contributed by atoms with Crippen LogP contribution < -0.4 is 5.32 Å². The largest absolute Gasteiger partial charge is 0.311 e. The van der Waals surface area contributed by atoms with Gasteiger partial charge in [0, 0.05) is 19.3 Å². The highest BCUT2D eigenvalue weighted by Gasteiger charge is 2.20. The Kier molecular flexibility index (Phi) is 4.25. The van der Waals surface area contributed by atoms with Crippen LogP contribution in [-0.4, -0.2) is 41.0 Å². The Balaban J connectivity index is 1.65. The molecule has 1 aromatic heterocycles. The van der Waals surface area contributed by atoms with Gasteiger partial charge in [-0.1, -0.05) is 6.92 Å². The van der Waals surface area contributed by atoms with Crippen LogP contribution in [0.1, 0.15) is 19.0 Å². The molecule has 1 aliphatic rings. The number of hydrogen-bond donors (Lipinski definition) is 1. The smallest absolute Gasteiger partial charge is 0.115 e. The van der Waals surface area contributed by atoms with Crippen molar-refractivity contribution in [1.29, 1.82) is 0 Å². The van der Waals surface area contributed by atoms with Crippen LogP contribution in [0.15, 0.2) is 18.6 Å².